The van der Waals surface area contributed by atoms with Crippen LogP contribution in [0.15, 0.2) is 60.7 Å². The molecule has 6 rings (SSSR count). The van der Waals surface area contributed by atoms with Crippen LogP contribution in [0.4, 0.5) is 5.69 Å². The first-order chi connectivity index (χ1) is 20.9. The number of carbonyl (C=O) groups is 3. The van der Waals surface area contributed by atoms with Crippen LogP contribution in [0.3, 0.4) is 0 Å². The van der Waals surface area contributed by atoms with E-state index in [1.165, 1.54) is 0 Å². The van der Waals surface area contributed by atoms with Crippen molar-refractivity contribution in [1.82, 2.24) is 10.2 Å². The first kappa shape index (κ1) is 28.1. The van der Waals surface area contributed by atoms with Crippen LogP contribution < -0.4 is 24.8 Å². The minimum absolute atomic E-state index is 0.127. The van der Waals surface area contributed by atoms with Crippen LogP contribution in [-0.2, 0) is 16.1 Å². The lowest BCUT2D eigenvalue weighted by molar-refractivity contribution is -0.134. The van der Waals surface area contributed by atoms with Gasteiger partial charge < -0.3 is 34.5 Å². The molecule has 0 bridgehead atoms. The van der Waals surface area contributed by atoms with E-state index in [-0.39, 0.29) is 49.7 Å². The quantitative estimate of drug-likeness (QED) is 0.449. The zero-order chi connectivity index (χ0) is 29.9. The number of carbonyl (C=O) groups excluding carboxylic acids is 3. The molecule has 3 aromatic carbocycles. The molecule has 3 aromatic rings. The highest BCUT2D eigenvalue weighted by Gasteiger charge is 2.39. The van der Waals surface area contributed by atoms with Gasteiger partial charge in [0.05, 0.1) is 35.8 Å². The number of nitrogens with one attached hydrogen (secondary N) is 2. The van der Waals surface area contributed by atoms with Crippen LogP contribution in [0.2, 0.25) is 0 Å². The zero-order valence-electron chi connectivity index (χ0n) is 23.5. The zero-order valence-corrected chi connectivity index (χ0v) is 23.5. The smallest absolute Gasteiger partial charge is 0.257 e. The fourth-order valence-corrected chi connectivity index (χ4v) is 5.54. The molecule has 220 valence electrons. The summed E-state index contributed by atoms with van der Waals surface area (Å²) < 4.78 is 23.1. The number of fused-ring (bicyclic) bond motifs is 3. The second kappa shape index (κ2) is 12.0. The van der Waals surface area contributed by atoms with Gasteiger partial charge in [0.25, 0.3) is 11.8 Å². The van der Waals surface area contributed by atoms with Crippen molar-refractivity contribution in [3.63, 3.8) is 0 Å². The molecule has 2 N–H and O–H groups in total. The van der Waals surface area contributed by atoms with Gasteiger partial charge >= 0.3 is 0 Å². The molecule has 0 aromatic heterocycles. The number of nitrogens with zero attached hydrogens (tertiary/aromatic N) is 2. The molecule has 3 aliphatic heterocycles. The maximum absolute atomic E-state index is 13.5. The number of anilines is 1. The van der Waals surface area contributed by atoms with E-state index < -0.39 is 6.10 Å². The van der Waals surface area contributed by atoms with Crippen molar-refractivity contribution in [3.05, 3.63) is 82.9 Å². The largest absolute Gasteiger partial charge is 0.490 e. The Hall–Kier alpha value is -5.08. The van der Waals surface area contributed by atoms with Gasteiger partial charge in [-0.1, -0.05) is 6.07 Å². The number of amides is 3. The molecule has 11 nitrogen and oxygen atoms in total. The number of ether oxygens (including phenoxy) is 4. The van der Waals surface area contributed by atoms with Crippen LogP contribution in [0.1, 0.15) is 51.1 Å². The first-order valence-corrected chi connectivity index (χ1v) is 14.0. The highest BCUT2D eigenvalue weighted by molar-refractivity contribution is 6.05. The third kappa shape index (κ3) is 6.10. The van der Waals surface area contributed by atoms with Gasteiger partial charge in [0.15, 0.2) is 11.5 Å². The van der Waals surface area contributed by atoms with E-state index in [9.17, 15) is 14.4 Å². The Labute approximate surface area is 248 Å². The minimum Gasteiger partial charge on any atom is -0.490 e. The number of nitriles is 1. The average molecular weight is 583 g/mol. The topological polar surface area (TPSA) is 139 Å². The van der Waals surface area contributed by atoms with Crippen LogP contribution >= 0.6 is 0 Å². The Kier molecular flexibility index (Phi) is 7.85. The summed E-state index contributed by atoms with van der Waals surface area (Å²) >= 11 is 0. The molecule has 0 saturated carbocycles. The first-order valence-electron chi connectivity index (χ1n) is 14.0. The van der Waals surface area contributed by atoms with Gasteiger partial charge in [0.2, 0.25) is 12.7 Å². The second-order valence-corrected chi connectivity index (χ2v) is 10.7. The molecule has 3 atom stereocenters. The summed E-state index contributed by atoms with van der Waals surface area (Å²) in [4.78, 5) is 40.6. The number of hydrogen-bond donors (Lipinski definition) is 2. The van der Waals surface area contributed by atoms with E-state index in [1.54, 1.807) is 54.4 Å². The Bertz CT molecular complexity index is 1600. The maximum atomic E-state index is 13.5. The van der Waals surface area contributed by atoms with Gasteiger partial charge in [-0.25, -0.2) is 0 Å². The van der Waals surface area contributed by atoms with Crippen molar-refractivity contribution in [2.75, 3.05) is 25.8 Å². The predicted molar refractivity (Wildman–Crippen MR) is 154 cm³/mol. The number of benzene rings is 3. The Morgan fingerprint density at radius 1 is 0.977 bits per heavy atom. The Morgan fingerprint density at radius 3 is 2.58 bits per heavy atom. The fraction of sp³-hybridized carbons (Fsp3) is 0.312. The standard InChI is InChI=1S/C32H30N4O7/c1-36-25-9-8-23(14-30(37)34-16-20-4-10-27-28(12-20)42-18-41-27)43-29(25)17-40-26-11-7-22(13-24(26)32(36)39)35-31(38)21-5-2-19(15-33)3-6-21/h2-7,10-13,23,25,29H,8-9,14,16-18H2,1H3,(H,34,37)(H,35,38)/t23-,25+,29-/m1/s1. The molecular weight excluding hydrogens is 552 g/mol. The van der Waals surface area contributed by atoms with Crippen LogP contribution in [-0.4, -0.2) is 61.3 Å². The van der Waals surface area contributed by atoms with E-state index in [1.807, 2.05) is 24.3 Å². The van der Waals surface area contributed by atoms with Gasteiger partial charge in [-0.15, -0.1) is 0 Å². The van der Waals surface area contributed by atoms with E-state index >= 15 is 0 Å². The predicted octanol–water partition coefficient (Wildman–Crippen LogP) is 3.63. The van der Waals surface area contributed by atoms with Crippen molar-refractivity contribution < 1.29 is 33.3 Å². The summed E-state index contributed by atoms with van der Waals surface area (Å²) in [6.45, 7) is 0.769. The summed E-state index contributed by atoms with van der Waals surface area (Å²) in [6.07, 6.45) is 0.761. The number of rotatable bonds is 6. The molecule has 43 heavy (non-hydrogen) atoms. The third-order valence-corrected chi connectivity index (χ3v) is 7.89. The SMILES string of the molecule is CN1C(=O)c2cc(NC(=O)c3ccc(C#N)cc3)ccc2OC[C@H]2O[C@@H](CC(=O)NCc3ccc4c(c3)OCO4)CC[C@@H]21. The molecule has 1 fully saturated rings. The van der Waals surface area contributed by atoms with Crippen molar-refractivity contribution in [1.29, 1.82) is 5.26 Å². The maximum Gasteiger partial charge on any atom is 0.257 e. The Morgan fingerprint density at radius 2 is 1.77 bits per heavy atom. The molecule has 0 unspecified atom stereocenters. The normalized spacial score (nSPS) is 20.4. The van der Waals surface area contributed by atoms with Gasteiger partial charge in [-0.3, -0.25) is 14.4 Å². The van der Waals surface area contributed by atoms with E-state index in [0.29, 0.717) is 59.0 Å². The molecular formula is C32H30N4O7. The summed E-state index contributed by atoms with van der Waals surface area (Å²) in [5, 5.41) is 14.7. The molecule has 3 aliphatic rings. The highest BCUT2D eigenvalue weighted by Crippen LogP contribution is 2.34. The lowest BCUT2D eigenvalue weighted by Gasteiger charge is -2.42. The monoisotopic (exact) mass is 582 g/mol. The van der Waals surface area contributed by atoms with Crippen molar-refractivity contribution in [2.45, 2.75) is 44.1 Å². The van der Waals surface area contributed by atoms with Gasteiger partial charge in [0, 0.05) is 24.8 Å². The Balaban J connectivity index is 1.06. The van der Waals surface area contributed by atoms with Crippen LogP contribution in [0.25, 0.3) is 0 Å². The summed E-state index contributed by atoms with van der Waals surface area (Å²) in [5.41, 5.74) is 2.54. The van der Waals surface area contributed by atoms with Crippen LogP contribution in [0.5, 0.6) is 17.2 Å². The molecule has 0 aliphatic carbocycles. The lowest BCUT2D eigenvalue weighted by Crippen LogP contribution is -2.53. The van der Waals surface area contributed by atoms with E-state index in [0.717, 1.165) is 5.56 Å². The van der Waals surface area contributed by atoms with Crippen molar-refractivity contribution in [2.24, 2.45) is 0 Å². The van der Waals surface area contributed by atoms with E-state index in [4.69, 9.17) is 24.2 Å². The molecule has 1 saturated heterocycles. The molecule has 0 radical (unpaired) electrons. The van der Waals surface area contributed by atoms with E-state index in [2.05, 4.69) is 10.6 Å². The lowest BCUT2D eigenvalue weighted by atomic mass is 9.94. The molecule has 3 amide bonds. The third-order valence-electron chi connectivity index (χ3n) is 7.89. The van der Waals surface area contributed by atoms with Crippen LogP contribution in [0, 0.1) is 11.3 Å². The summed E-state index contributed by atoms with van der Waals surface area (Å²) in [6, 6.07) is 18.6. The average Bonchev–Trinajstić information content (AvgIpc) is 3.50. The van der Waals surface area contributed by atoms with Gasteiger partial charge in [-0.05, 0) is 73.0 Å². The van der Waals surface area contributed by atoms with Crippen molar-refractivity contribution in [3.8, 4) is 23.3 Å². The number of likely N-dealkylation sites (N-methyl/N-ethyl adjacent to an activating group) is 1. The van der Waals surface area contributed by atoms with Crippen molar-refractivity contribution >= 4 is 23.4 Å². The van der Waals surface area contributed by atoms with Gasteiger partial charge in [0.1, 0.15) is 18.5 Å². The van der Waals surface area contributed by atoms with Gasteiger partial charge in [-0.2, -0.15) is 5.26 Å². The molecule has 3 heterocycles. The fourth-order valence-electron chi connectivity index (χ4n) is 5.54. The minimum atomic E-state index is -0.404. The second-order valence-electron chi connectivity index (χ2n) is 10.7. The summed E-state index contributed by atoms with van der Waals surface area (Å²) in [5.74, 6) is 1.02. The number of hydrogen-bond acceptors (Lipinski definition) is 8. The highest BCUT2D eigenvalue weighted by atomic mass is 16.7. The summed E-state index contributed by atoms with van der Waals surface area (Å²) in [7, 11) is 1.73. The molecule has 0 spiro atoms. The molecule has 11 heteroatoms.